The molecule has 0 aromatic heterocycles. The molecule has 0 spiro atoms. The van der Waals surface area contributed by atoms with Gasteiger partial charge in [-0.15, -0.1) is 0 Å². The first-order chi connectivity index (χ1) is 9.95. The van der Waals surface area contributed by atoms with Crippen LogP contribution in [0.4, 0.5) is 0 Å². The zero-order valence-electron chi connectivity index (χ0n) is 12.8. The first kappa shape index (κ1) is 13.2. The fourth-order valence-electron chi connectivity index (χ4n) is 5.30. The van der Waals surface area contributed by atoms with Crippen LogP contribution in [-0.2, 0) is 9.59 Å². The number of carbonyl (C=O) groups is 2. The smallest absolute Gasteiger partial charge is 0.178 e. The van der Waals surface area contributed by atoms with Gasteiger partial charge in [-0.1, -0.05) is 30.2 Å². The van der Waals surface area contributed by atoms with Gasteiger partial charge in [0.15, 0.2) is 5.78 Å². The van der Waals surface area contributed by atoms with Crippen molar-refractivity contribution in [3.63, 3.8) is 0 Å². The van der Waals surface area contributed by atoms with Crippen LogP contribution in [0, 0.1) is 22.7 Å². The molecule has 4 unspecified atom stereocenters. The Kier molecular flexibility index (Phi) is 2.56. The molecule has 2 fully saturated rings. The lowest BCUT2D eigenvalue weighted by Gasteiger charge is -2.50. The molecule has 2 saturated carbocycles. The third kappa shape index (κ3) is 1.59. The normalized spacial score (nSPS) is 44.7. The lowest BCUT2D eigenvalue weighted by atomic mass is 9.53. The summed E-state index contributed by atoms with van der Waals surface area (Å²) < 4.78 is 0. The summed E-state index contributed by atoms with van der Waals surface area (Å²) in [4.78, 5) is 24.0. The van der Waals surface area contributed by atoms with Crippen LogP contribution in [0.1, 0.15) is 46.0 Å². The third-order valence-corrected chi connectivity index (χ3v) is 6.66. The largest absolute Gasteiger partial charge is 0.299 e. The van der Waals surface area contributed by atoms with E-state index in [1.54, 1.807) is 6.08 Å². The van der Waals surface area contributed by atoms with Crippen LogP contribution in [0.3, 0.4) is 0 Å². The summed E-state index contributed by atoms with van der Waals surface area (Å²) in [5.41, 5.74) is 2.54. The van der Waals surface area contributed by atoms with Crippen LogP contribution in [0.25, 0.3) is 0 Å². The topological polar surface area (TPSA) is 34.1 Å². The molecule has 0 heterocycles. The molecule has 4 atom stereocenters. The molecule has 0 amide bonds. The highest BCUT2D eigenvalue weighted by Crippen LogP contribution is 2.61. The van der Waals surface area contributed by atoms with Gasteiger partial charge in [-0.05, 0) is 56.6 Å². The zero-order chi connectivity index (χ0) is 14.8. The van der Waals surface area contributed by atoms with Crippen molar-refractivity contribution < 1.29 is 9.59 Å². The summed E-state index contributed by atoms with van der Waals surface area (Å²) in [5, 5.41) is 0. The summed E-state index contributed by atoms with van der Waals surface area (Å²) >= 11 is 0. The van der Waals surface area contributed by atoms with Crippen LogP contribution in [-0.4, -0.2) is 11.6 Å². The van der Waals surface area contributed by atoms with Crippen LogP contribution in [0.5, 0.6) is 0 Å². The highest BCUT2D eigenvalue weighted by molar-refractivity contribution is 6.01. The Morgan fingerprint density at radius 3 is 2.76 bits per heavy atom. The Hall–Kier alpha value is -1.44. The van der Waals surface area contributed by atoms with Crippen molar-refractivity contribution >= 4 is 11.6 Å². The highest BCUT2D eigenvalue weighted by atomic mass is 16.1. The van der Waals surface area contributed by atoms with Crippen molar-refractivity contribution in [1.82, 2.24) is 0 Å². The first-order valence-electron chi connectivity index (χ1n) is 8.13. The molecule has 4 aliphatic carbocycles. The van der Waals surface area contributed by atoms with Gasteiger partial charge in [-0.3, -0.25) is 9.59 Å². The summed E-state index contributed by atoms with van der Waals surface area (Å²) in [6, 6.07) is 0. The van der Waals surface area contributed by atoms with Gasteiger partial charge in [0.2, 0.25) is 0 Å². The van der Waals surface area contributed by atoms with Crippen molar-refractivity contribution in [2.24, 2.45) is 22.7 Å². The molecule has 2 nitrogen and oxygen atoms in total. The summed E-state index contributed by atoms with van der Waals surface area (Å²) in [7, 11) is 0. The van der Waals surface area contributed by atoms with E-state index in [0.29, 0.717) is 17.6 Å². The van der Waals surface area contributed by atoms with Crippen molar-refractivity contribution in [1.29, 1.82) is 0 Å². The predicted octanol–water partition coefficient (Wildman–Crippen LogP) is 3.78. The maximum Gasteiger partial charge on any atom is 0.178 e. The highest BCUT2D eigenvalue weighted by Gasteiger charge is 2.55. The molecule has 0 saturated heterocycles. The fraction of sp³-hybridized carbons (Fsp3) is 0.579. The van der Waals surface area contributed by atoms with Crippen molar-refractivity contribution in [3.05, 3.63) is 35.5 Å². The molecular formula is C19H22O2. The van der Waals surface area contributed by atoms with E-state index < -0.39 is 0 Å². The van der Waals surface area contributed by atoms with Crippen molar-refractivity contribution in [2.45, 2.75) is 46.0 Å². The molecule has 0 radical (unpaired) electrons. The second-order valence-electron chi connectivity index (χ2n) is 7.60. The van der Waals surface area contributed by atoms with Crippen LogP contribution >= 0.6 is 0 Å². The van der Waals surface area contributed by atoms with E-state index in [1.165, 1.54) is 11.1 Å². The zero-order valence-corrected chi connectivity index (χ0v) is 12.8. The number of ketones is 2. The Morgan fingerprint density at radius 2 is 1.95 bits per heavy atom. The average molecular weight is 282 g/mol. The number of carbonyl (C=O) groups excluding carboxylic acids is 2. The second-order valence-corrected chi connectivity index (χ2v) is 7.60. The van der Waals surface area contributed by atoms with Gasteiger partial charge in [0.1, 0.15) is 5.78 Å². The minimum absolute atomic E-state index is 0.0796. The quantitative estimate of drug-likeness (QED) is 0.634. The number of allylic oxidation sites excluding steroid dienone is 6. The third-order valence-electron chi connectivity index (χ3n) is 6.66. The van der Waals surface area contributed by atoms with Gasteiger partial charge in [-0.2, -0.15) is 0 Å². The lowest BCUT2D eigenvalue weighted by Crippen LogP contribution is -2.43. The van der Waals surface area contributed by atoms with E-state index in [1.807, 2.05) is 6.08 Å². The van der Waals surface area contributed by atoms with E-state index in [0.717, 1.165) is 32.1 Å². The summed E-state index contributed by atoms with van der Waals surface area (Å²) in [6.45, 7) is 4.42. The van der Waals surface area contributed by atoms with E-state index >= 15 is 0 Å². The van der Waals surface area contributed by atoms with Gasteiger partial charge in [-0.25, -0.2) is 0 Å². The van der Waals surface area contributed by atoms with Gasteiger partial charge in [0.25, 0.3) is 0 Å². The molecule has 21 heavy (non-hydrogen) atoms. The van der Waals surface area contributed by atoms with Crippen LogP contribution < -0.4 is 0 Å². The molecule has 110 valence electrons. The maximum atomic E-state index is 12.3. The standard InChI is InChI=1S/C19H22O2/c1-18-9-7-13(20)11-12(18)3-4-14-15-5-6-17(21)19(15,2)10-8-16(14)18/h7-9,11,14-15H,3-6,10H2,1-2H3. The molecule has 0 bridgehead atoms. The van der Waals surface area contributed by atoms with Crippen LogP contribution in [0.2, 0.25) is 0 Å². The number of hydrogen-bond acceptors (Lipinski definition) is 2. The monoisotopic (exact) mass is 282 g/mol. The van der Waals surface area contributed by atoms with Crippen LogP contribution in [0.15, 0.2) is 35.5 Å². The average Bonchev–Trinajstić information content (AvgIpc) is 2.76. The Labute approximate surface area is 126 Å². The van der Waals surface area contributed by atoms with Crippen molar-refractivity contribution in [3.8, 4) is 0 Å². The SMILES string of the molecule is CC12C=CC(=O)C=C1CCC1C2=CCC2(C)C(=O)CCC12. The Balaban J connectivity index is 1.80. The van der Waals surface area contributed by atoms with E-state index in [-0.39, 0.29) is 16.6 Å². The lowest BCUT2D eigenvalue weighted by molar-refractivity contribution is -0.127. The van der Waals surface area contributed by atoms with Gasteiger partial charge < -0.3 is 0 Å². The molecule has 0 N–H and O–H groups in total. The minimum atomic E-state index is -0.125. The molecule has 4 rings (SSSR count). The number of Topliss-reactive ketones (excluding diaryl/α,β-unsaturated/α-hetero) is 1. The van der Waals surface area contributed by atoms with Gasteiger partial charge in [0.05, 0.1) is 0 Å². The van der Waals surface area contributed by atoms with E-state index in [2.05, 4.69) is 26.0 Å². The number of hydrogen-bond donors (Lipinski definition) is 0. The second kappa shape index (κ2) is 4.06. The van der Waals surface area contributed by atoms with E-state index in [4.69, 9.17) is 0 Å². The molecule has 0 aromatic rings. The Bertz CT molecular complexity index is 636. The fourth-order valence-corrected chi connectivity index (χ4v) is 5.30. The summed E-state index contributed by atoms with van der Waals surface area (Å²) in [5.74, 6) is 1.62. The number of fused-ring (bicyclic) bond motifs is 5. The molecular weight excluding hydrogens is 260 g/mol. The number of rotatable bonds is 0. The maximum absolute atomic E-state index is 12.3. The van der Waals surface area contributed by atoms with Gasteiger partial charge in [0, 0.05) is 17.3 Å². The summed E-state index contributed by atoms with van der Waals surface area (Å²) in [6.07, 6.45) is 12.8. The molecule has 0 aromatic carbocycles. The van der Waals surface area contributed by atoms with Crippen molar-refractivity contribution in [2.75, 3.05) is 0 Å². The first-order valence-corrected chi connectivity index (χ1v) is 8.13. The molecule has 0 aliphatic heterocycles. The van der Waals surface area contributed by atoms with E-state index in [9.17, 15) is 9.59 Å². The molecule has 4 aliphatic rings. The minimum Gasteiger partial charge on any atom is -0.299 e. The Morgan fingerprint density at radius 1 is 1.14 bits per heavy atom. The van der Waals surface area contributed by atoms with Gasteiger partial charge >= 0.3 is 0 Å². The predicted molar refractivity (Wildman–Crippen MR) is 81.6 cm³/mol. The molecule has 2 heteroatoms.